The number of hydrogen-bond acceptors (Lipinski definition) is 4. The van der Waals surface area contributed by atoms with Gasteiger partial charge in [-0.05, 0) is 35.9 Å². The summed E-state index contributed by atoms with van der Waals surface area (Å²) in [4.78, 5) is 11.9. The quantitative estimate of drug-likeness (QED) is 0.803. The maximum absolute atomic E-state index is 13.1. The summed E-state index contributed by atoms with van der Waals surface area (Å²) in [6.45, 7) is 0.585. The molecule has 0 aromatic heterocycles. The third-order valence-corrected chi connectivity index (χ3v) is 3.56. The highest BCUT2D eigenvalue weighted by molar-refractivity contribution is 6.31. The molecule has 0 aliphatic heterocycles. The summed E-state index contributed by atoms with van der Waals surface area (Å²) in [6.07, 6.45) is 0. The van der Waals surface area contributed by atoms with Crippen LogP contribution in [-0.4, -0.2) is 26.7 Å². The van der Waals surface area contributed by atoms with Crippen LogP contribution in [0.1, 0.15) is 5.56 Å². The second-order valence-corrected chi connectivity index (χ2v) is 5.38. The van der Waals surface area contributed by atoms with Crippen LogP contribution in [0.15, 0.2) is 36.4 Å². The van der Waals surface area contributed by atoms with Crippen LogP contribution in [0.4, 0.5) is 10.1 Å². The van der Waals surface area contributed by atoms with Crippen molar-refractivity contribution < 1.29 is 18.7 Å². The Bertz CT molecular complexity index is 725. The minimum Gasteiger partial charge on any atom is -0.493 e. The largest absolute Gasteiger partial charge is 0.493 e. The zero-order chi connectivity index (χ0) is 17.5. The van der Waals surface area contributed by atoms with Crippen molar-refractivity contribution in [3.63, 3.8) is 0 Å². The molecule has 5 nitrogen and oxygen atoms in total. The van der Waals surface area contributed by atoms with Gasteiger partial charge in [0.25, 0.3) is 0 Å². The van der Waals surface area contributed by atoms with Gasteiger partial charge in [-0.2, -0.15) is 0 Å². The van der Waals surface area contributed by atoms with Crippen LogP contribution in [-0.2, 0) is 11.3 Å². The smallest absolute Gasteiger partial charge is 0.238 e. The average Bonchev–Trinajstić information content (AvgIpc) is 2.58. The van der Waals surface area contributed by atoms with Crippen molar-refractivity contribution >= 4 is 23.2 Å². The first kappa shape index (κ1) is 18.0. The predicted octanol–water partition coefficient (Wildman–Crippen LogP) is 3.22. The van der Waals surface area contributed by atoms with Gasteiger partial charge >= 0.3 is 0 Å². The Morgan fingerprint density at radius 2 is 1.88 bits per heavy atom. The van der Waals surface area contributed by atoms with Gasteiger partial charge in [0.15, 0.2) is 11.5 Å². The molecule has 0 unspecified atom stereocenters. The number of carbonyl (C=O) groups excluding carboxylic acids is 1. The van der Waals surface area contributed by atoms with E-state index in [1.54, 1.807) is 20.3 Å². The Kier molecular flexibility index (Phi) is 6.40. The fourth-order valence-electron chi connectivity index (χ4n) is 2.09. The Labute approximate surface area is 144 Å². The highest BCUT2D eigenvalue weighted by Crippen LogP contribution is 2.27. The molecule has 0 bridgehead atoms. The normalized spacial score (nSPS) is 10.3. The number of carbonyl (C=O) groups is 1. The zero-order valence-electron chi connectivity index (χ0n) is 13.4. The highest BCUT2D eigenvalue weighted by Gasteiger charge is 2.07. The topological polar surface area (TPSA) is 59.6 Å². The lowest BCUT2D eigenvalue weighted by atomic mass is 10.2. The molecule has 2 aromatic rings. The Balaban J connectivity index is 1.85. The van der Waals surface area contributed by atoms with Crippen molar-refractivity contribution in [1.82, 2.24) is 5.32 Å². The highest BCUT2D eigenvalue weighted by atomic mass is 35.5. The van der Waals surface area contributed by atoms with E-state index in [1.807, 2.05) is 12.1 Å². The first-order valence-corrected chi connectivity index (χ1v) is 7.58. The van der Waals surface area contributed by atoms with Crippen LogP contribution in [0.3, 0.4) is 0 Å². The minimum absolute atomic E-state index is 0.0360. The van der Waals surface area contributed by atoms with Crippen LogP contribution >= 0.6 is 11.6 Å². The molecule has 0 saturated carbocycles. The van der Waals surface area contributed by atoms with Gasteiger partial charge in [-0.25, -0.2) is 4.39 Å². The average molecular weight is 353 g/mol. The molecule has 2 N–H and O–H groups in total. The van der Waals surface area contributed by atoms with E-state index in [-0.39, 0.29) is 17.5 Å². The summed E-state index contributed by atoms with van der Waals surface area (Å²) in [5, 5.41) is 5.62. The van der Waals surface area contributed by atoms with E-state index in [2.05, 4.69) is 10.6 Å². The Hall–Kier alpha value is -2.31. The number of benzene rings is 2. The van der Waals surface area contributed by atoms with E-state index in [4.69, 9.17) is 21.1 Å². The zero-order valence-corrected chi connectivity index (χ0v) is 14.1. The molecule has 0 atom stereocenters. The fourth-order valence-corrected chi connectivity index (χ4v) is 2.27. The number of halogens is 2. The monoisotopic (exact) mass is 352 g/mol. The van der Waals surface area contributed by atoms with Gasteiger partial charge in [-0.3, -0.25) is 4.79 Å². The minimum atomic E-state index is -0.527. The van der Waals surface area contributed by atoms with Crippen LogP contribution in [0, 0.1) is 5.82 Å². The SMILES string of the molecule is COc1ccc(CNCC(=O)Nc2ccc(F)c(Cl)c2)cc1OC. The number of nitrogens with one attached hydrogen (secondary N) is 2. The van der Waals surface area contributed by atoms with Crippen molar-refractivity contribution in [2.24, 2.45) is 0 Å². The predicted molar refractivity (Wildman–Crippen MR) is 91.3 cm³/mol. The lowest BCUT2D eigenvalue weighted by molar-refractivity contribution is -0.115. The van der Waals surface area contributed by atoms with E-state index in [0.717, 1.165) is 5.56 Å². The lowest BCUT2D eigenvalue weighted by Gasteiger charge is -2.10. The van der Waals surface area contributed by atoms with Gasteiger partial charge in [0, 0.05) is 12.2 Å². The number of methoxy groups -OCH3 is 2. The summed E-state index contributed by atoms with van der Waals surface area (Å²) in [7, 11) is 3.14. The summed E-state index contributed by atoms with van der Waals surface area (Å²) >= 11 is 5.67. The summed E-state index contributed by atoms with van der Waals surface area (Å²) in [5.74, 6) is 0.494. The molecule has 7 heteroatoms. The number of ether oxygens (including phenoxy) is 2. The number of amides is 1. The molecule has 0 aliphatic carbocycles. The van der Waals surface area contributed by atoms with E-state index >= 15 is 0 Å². The number of rotatable bonds is 7. The molecule has 0 saturated heterocycles. The fraction of sp³-hybridized carbons (Fsp3) is 0.235. The number of hydrogen-bond donors (Lipinski definition) is 2. The van der Waals surface area contributed by atoms with E-state index in [9.17, 15) is 9.18 Å². The Morgan fingerprint density at radius 1 is 1.12 bits per heavy atom. The molecule has 128 valence electrons. The molecule has 24 heavy (non-hydrogen) atoms. The van der Waals surface area contributed by atoms with Crippen molar-refractivity contribution in [1.29, 1.82) is 0 Å². The molecule has 0 fully saturated rings. The number of anilines is 1. The van der Waals surface area contributed by atoms with Crippen molar-refractivity contribution in [2.45, 2.75) is 6.54 Å². The molecule has 2 aromatic carbocycles. The molecule has 0 radical (unpaired) electrons. The summed E-state index contributed by atoms with van der Waals surface area (Å²) in [5.41, 5.74) is 1.39. The maximum atomic E-state index is 13.1. The van der Waals surface area contributed by atoms with Gasteiger partial charge in [0.05, 0.1) is 25.8 Å². The van der Waals surface area contributed by atoms with Crippen LogP contribution in [0.5, 0.6) is 11.5 Å². The maximum Gasteiger partial charge on any atom is 0.238 e. The molecule has 0 spiro atoms. The third-order valence-electron chi connectivity index (χ3n) is 3.27. The lowest BCUT2D eigenvalue weighted by Crippen LogP contribution is -2.27. The summed E-state index contributed by atoms with van der Waals surface area (Å²) in [6, 6.07) is 9.54. The van der Waals surface area contributed by atoms with E-state index in [1.165, 1.54) is 18.2 Å². The van der Waals surface area contributed by atoms with Gasteiger partial charge in [-0.1, -0.05) is 17.7 Å². The molecule has 0 aliphatic rings. The van der Waals surface area contributed by atoms with Crippen LogP contribution in [0.25, 0.3) is 0 Å². The van der Waals surface area contributed by atoms with E-state index in [0.29, 0.717) is 23.7 Å². The van der Waals surface area contributed by atoms with Crippen molar-refractivity contribution in [3.05, 3.63) is 52.8 Å². The second-order valence-electron chi connectivity index (χ2n) is 4.97. The molecular weight excluding hydrogens is 335 g/mol. The summed E-state index contributed by atoms with van der Waals surface area (Å²) < 4.78 is 23.5. The third kappa shape index (κ3) is 4.84. The van der Waals surface area contributed by atoms with Gasteiger partial charge < -0.3 is 20.1 Å². The molecule has 1 amide bonds. The molecule has 0 heterocycles. The standard InChI is InChI=1S/C17H18ClFN2O3/c1-23-15-6-3-11(7-16(15)24-2)9-20-10-17(22)21-12-4-5-14(19)13(18)8-12/h3-8,20H,9-10H2,1-2H3,(H,21,22). The van der Waals surface area contributed by atoms with E-state index < -0.39 is 5.82 Å². The Morgan fingerprint density at radius 3 is 2.54 bits per heavy atom. The van der Waals surface area contributed by atoms with Crippen molar-refractivity contribution in [2.75, 3.05) is 26.1 Å². The van der Waals surface area contributed by atoms with Crippen LogP contribution < -0.4 is 20.1 Å². The van der Waals surface area contributed by atoms with Gasteiger partial charge in [-0.15, -0.1) is 0 Å². The first-order chi connectivity index (χ1) is 11.5. The van der Waals surface area contributed by atoms with Crippen molar-refractivity contribution in [3.8, 4) is 11.5 Å². The van der Waals surface area contributed by atoms with Crippen LogP contribution in [0.2, 0.25) is 5.02 Å². The second kappa shape index (κ2) is 8.52. The molecule has 2 rings (SSSR count). The van der Waals surface area contributed by atoms with Gasteiger partial charge in [0.2, 0.25) is 5.91 Å². The molecular formula is C17H18ClFN2O3. The first-order valence-electron chi connectivity index (χ1n) is 7.20. The van der Waals surface area contributed by atoms with Gasteiger partial charge in [0.1, 0.15) is 5.82 Å².